The zero-order valence-electron chi connectivity index (χ0n) is 11.3. The van der Waals surface area contributed by atoms with Crippen molar-refractivity contribution in [3.8, 4) is 0 Å². The molecule has 1 aromatic heterocycles. The Morgan fingerprint density at radius 2 is 2.11 bits per heavy atom. The van der Waals surface area contributed by atoms with Crippen molar-refractivity contribution in [3.63, 3.8) is 0 Å². The molecule has 1 saturated carbocycles. The van der Waals surface area contributed by atoms with E-state index in [9.17, 15) is 4.79 Å². The van der Waals surface area contributed by atoms with E-state index in [1.807, 2.05) is 0 Å². The predicted molar refractivity (Wildman–Crippen MR) is 72.6 cm³/mol. The SMILES string of the molecule is CCNCc1cc(=O)[nH]c(C2CCC(C)CC2)n1. The van der Waals surface area contributed by atoms with Gasteiger partial charge in [-0.25, -0.2) is 4.98 Å². The highest BCUT2D eigenvalue weighted by Crippen LogP contribution is 2.33. The molecule has 1 aliphatic rings. The molecular formula is C14H23N3O. The lowest BCUT2D eigenvalue weighted by atomic mass is 9.82. The van der Waals surface area contributed by atoms with Crippen molar-refractivity contribution in [2.45, 2.75) is 52.0 Å². The van der Waals surface area contributed by atoms with Gasteiger partial charge in [0.2, 0.25) is 0 Å². The van der Waals surface area contributed by atoms with E-state index in [2.05, 4.69) is 29.1 Å². The van der Waals surface area contributed by atoms with Gasteiger partial charge >= 0.3 is 0 Å². The Balaban J connectivity index is 2.12. The van der Waals surface area contributed by atoms with Gasteiger partial charge in [0.25, 0.3) is 5.56 Å². The normalized spacial score (nSPS) is 24.1. The second-order valence-electron chi connectivity index (χ2n) is 5.36. The van der Waals surface area contributed by atoms with Crippen molar-refractivity contribution in [1.29, 1.82) is 0 Å². The van der Waals surface area contributed by atoms with Crippen LogP contribution in [0.1, 0.15) is 57.0 Å². The lowest BCUT2D eigenvalue weighted by Gasteiger charge is -2.25. The van der Waals surface area contributed by atoms with Gasteiger partial charge in [-0.3, -0.25) is 4.79 Å². The van der Waals surface area contributed by atoms with Crippen LogP contribution >= 0.6 is 0 Å². The number of aromatic nitrogens is 2. The Bertz CT molecular complexity index is 433. The molecule has 1 fully saturated rings. The third-order valence-corrected chi connectivity index (χ3v) is 3.77. The highest BCUT2D eigenvalue weighted by Gasteiger charge is 2.21. The third kappa shape index (κ3) is 3.42. The average molecular weight is 249 g/mol. The molecule has 0 aliphatic heterocycles. The Morgan fingerprint density at radius 1 is 1.39 bits per heavy atom. The minimum Gasteiger partial charge on any atom is -0.311 e. The summed E-state index contributed by atoms with van der Waals surface area (Å²) in [5, 5.41) is 3.21. The summed E-state index contributed by atoms with van der Waals surface area (Å²) >= 11 is 0. The minimum absolute atomic E-state index is 0.0217. The molecule has 2 N–H and O–H groups in total. The first-order valence-electron chi connectivity index (χ1n) is 7.00. The maximum absolute atomic E-state index is 11.7. The van der Waals surface area contributed by atoms with E-state index in [1.165, 1.54) is 12.8 Å². The van der Waals surface area contributed by atoms with Crippen LogP contribution in [0.2, 0.25) is 0 Å². The number of nitrogens with zero attached hydrogens (tertiary/aromatic N) is 1. The van der Waals surface area contributed by atoms with Crippen LogP contribution in [0.15, 0.2) is 10.9 Å². The molecule has 0 aromatic carbocycles. The summed E-state index contributed by atoms with van der Waals surface area (Å²) < 4.78 is 0. The first kappa shape index (κ1) is 13.3. The number of nitrogens with one attached hydrogen (secondary N) is 2. The maximum atomic E-state index is 11.7. The van der Waals surface area contributed by atoms with Gasteiger partial charge in [-0.15, -0.1) is 0 Å². The van der Waals surface area contributed by atoms with E-state index in [1.54, 1.807) is 6.07 Å². The minimum atomic E-state index is -0.0217. The first-order chi connectivity index (χ1) is 8.69. The van der Waals surface area contributed by atoms with E-state index in [-0.39, 0.29) is 5.56 Å². The van der Waals surface area contributed by atoms with Crippen molar-refractivity contribution in [2.24, 2.45) is 5.92 Å². The van der Waals surface area contributed by atoms with Gasteiger partial charge in [-0.1, -0.05) is 26.7 Å². The highest BCUT2D eigenvalue weighted by atomic mass is 16.1. The molecule has 100 valence electrons. The number of hydrogen-bond acceptors (Lipinski definition) is 3. The van der Waals surface area contributed by atoms with Gasteiger partial charge in [-0.2, -0.15) is 0 Å². The van der Waals surface area contributed by atoms with Crippen molar-refractivity contribution >= 4 is 0 Å². The second kappa shape index (κ2) is 6.14. The molecule has 0 radical (unpaired) electrons. The molecule has 4 heteroatoms. The van der Waals surface area contributed by atoms with Crippen LogP contribution in [0.4, 0.5) is 0 Å². The molecule has 0 bridgehead atoms. The predicted octanol–water partition coefficient (Wildman–Crippen LogP) is 2.17. The van der Waals surface area contributed by atoms with Gasteiger partial charge in [0.1, 0.15) is 5.82 Å². The summed E-state index contributed by atoms with van der Waals surface area (Å²) in [4.78, 5) is 19.2. The van der Waals surface area contributed by atoms with E-state index in [0.717, 1.165) is 36.8 Å². The maximum Gasteiger partial charge on any atom is 0.251 e. The van der Waals surface area contributed by atoms with Crippen molar-refractivity contribution in [3.05, 3.63) is 27.9 Å². The summed E-state index contributed by atoms with van der Waals surface area (Å²) in [5.74, 6) is 2.15. The Morgan fingerprint density at radius 3 is 2.78 bits per heavy atom. The van der Waals surface area contributed by atoms with E-state index < -0.39 is 0 Å². The molecular weight excluding hydrogens is 226 g/mol. The molecule has 18 heavy (non-hydrogen) atoms. The van der Waals surface area contributed by atoms with Crippen molar-refractivity contribution < 1.29 is 0 Å². The van der Waals surface area contributed by atoms with Gasteiger partial charge in [0.15, 0.2) is 0 Å². The number of H-pyrrole nitrogens is 1. The summed E-state index contributed by atoms with van der Waals surface area (Å²) in [6.07, 6.45) is 4.78. The average Bonchev–Trinajstić information content (AvgIpc) is 2.36. The van der Waals surface area contributed by atoms with Crippen LogP contribution in [0, 0.1) is 5.92 Å². The van der Waals surface area contributed by atoms with Gasteiger partial charge < -0.3 is 10.3 Å². The summed E-state index contributed by atoms with van der Waals surface area (Å²) in [6.45, 7) is 5.92. The van der Waals surface area contributed by atoms with E-state index in [0.29, 0.717) is 12.5 Å². The quantitative estimate of drug-likeness (QED) is 0.860. The topological polar surface area (TPSA) is 57.8 Å². The fraction of sp³-hybridized carbons (Fsp3) is 0.714. The van der Waals surface area contributed by atoms with E-state index in [4.69, 9.17) is 0 Å². The molecule has 0 spiro atoms. The molecule has 4 nitrogen and oxygen atoms in total. The van der Waals surface area contributed by atoms with Gasteiger partial charge in [0.05, 0.1) is 5.69 Å². The Kier molecular flexibility index (Phi) is 4.53. The molecule has 1 aromatic rings. The van der Waals surface area contributed by atoms with Crippen LogP contribution in [-0.4, -0.2) is 16.5 Å². The Labute approximate surface area is 108 Å². The molecule has 1 aliphatic carbocycles. The zero-order valence-corrected chi connectivity index (χ0v) is 11.3. The van der Waals surface area contributed by atoms with Crippen molar-refractivity contribution in [2.75, 3.05) is 6.54 Å². The first-order valence-corrected chi connectivity index (χ1v) is 7.00. The molecule has 0 saturated heterocycles. The van der Waals surface area contributed by atoms with Crippen LogP contribution in [-0.2, 0) is 6.54 Å². The van der Waals surface area contributed by atoms with Crippen LogP contribution in [0.3, 0.4) is 0 Å². The van der Waals surface area contributed by atoms with Gasteiger partial charge in [-0.05, 0) is 25.3 Å². The number of rotatable bonds is 4. The van der Waals surface area contributed by atoms with Crippen LogP contribution in [0.5, 0.6) is 0 Å². The molecule has 0 amide bonds. The standard InChI is InChI=1S/C14H23N3O/c1-3-15-9-12-8-13(18)17-14(16-12)11-6-4-10(2)5-7-11/h8,10-11,15H,3-7,9H2,1-2H3,(H,16,17,18). The largest absolute Gasteiger partial charge is 0.311 e. The van der Waals surface area contributed by atoms with Crippen molar-refractivity contribution in [1.82, 2.24) is 15.3 Å². The number of aromatic amines is 1. The summed E-state index contributed by atoms with van der Waals surface area (Å²) in [7, 11) is 0. The lowest BCUT2D eigenvalue weighted by Crippen LogP contribution is -2.21. The smallest absolute Gasteiger partial charge is 0.251 e. The summed E-state index contributed by atoms with van der Waals surface area (Å²) in [5.41, 5.74) is 0.834. The molecule has 0 atom stereocenters. The summed E-state index contributed by atoms with van der Waals surface area (Å²) in [6, 6.07) is 1.59. The highest BCUT2D eigenvalue weighted by molar-refractivity contribution is 5.06. The molecule has 2 rings (SSSR count). The molecule has 0 unspecified atom stereocenters. The monoisotopic (exact) mass is 249 g/mol. The van der Waals surface area contributed by atoms with Crippen LogP contribution in [0.25, 0.3) is 0 Å². The van der Waals surface area contributed by atoms with E-state index >= 15 is 0 Å². The molecule has 1 heterocycles. The Hall–Kier alpha value is -1.16. The fourth-order valence-corrected chi connectivity index (χ4v) is 2.60. The zero-order chi connectivity index (χ0) is 13.0. The lowest BCUT2D eigenvalue weighted by molar-refractivity contribution is 0.338. The fourth-order valence-electron chi connectivity index (χ4n) is 2.60. The van der Waals surface area contributed by atoms with Gasteiger partial charge in [0, 0.05) is 18.5 Å². The third-order valence-electron chi connectivity index (χ3n) is 3.77. The van der Waals surface area contributed by atoms with Crippen LogP contribution < -0.4 is 10.9 Å². The number of hydrogen-bond donors (Lipinski definition) is 2. The second-order valence-corrected chi connectivity index (χ2v) is 5.36.